The van der Waals surface area contributed by atoms with Crippen molar-refractivity contribution in [2.24, 2.45) is 0 Å². The van der Waals surface area contributed by atoms with Crippen LogP contribution < -0.4 is 10.1 Å². The number of nitriles is 1. The molecule has 132 valence electrons. The second-order valence-corrected chi connectivity index (χ2v) is 7.41. The van der Waals surface area contributed by atoms with E-state index in [2.05, 4.69) is 49.4 Å². The van der Waals surface area contributed by atoms with Gasteiger partial charge in [-0.1, -0.05) is 28.1 Å². The summed E-state index contributed by atoms with van der Waals surface area (Å²) in [6.07, 6.45) is 2.43. The van der Waals surface area contributed by atoms with Crippen molar-refractivity contribution in [3.05, 3.63) is 57.6 Å². The van der Waals surface area contributed by atoms with Gasteiger partial charge in [0.05, 0.1) is 17.2 Å². The smallest absolute Gasteiger partial charge is 0.148 e. The first-order valence-corrected chi connectivity index (χ1v) is 9.78. The summed E-state index contributed by atoms with van der Waals surface area (Å²) in [5.41, 5.74) is 2.03. The molecular weight excluding hydrogens is 412 g/mol. The highest BCUT2D eigenvalue weighted by molar-refractivity contribution is 9.10. The zero-order valence-electron chi connectivity index (χ0n) is 14.2. The molecular formula is C19H17BrN4OS. The maximum atomic E-state index is 9.23. The van der Waals surface area contributed by atoms with Gasteiger partial charge in [0, 0.05) is 23.2 Å². The van der Waals surface area contributed by atoms with Crippen LogP contribution >= 0.6 is 27.3 Å². The normalized spacial score (nSPS) is 10.3. The number of benzene rings is 1. The Labute approximate surface area is 164 Å². The molecule has 0 unspecified atom stereocenters. The summed E-state index contributed by atoms with van der Waals surface area (Å²) in [5, 5.41) is 12.6. The van der Waals surface area contributed by atoms with Crippen LogP contribution in [-0.4, -0.2) is 23.1 Å². The summed E-state index contributed by atoms with van der Waals surface area (Å²) in [6, 6.07) is 14.2. The summed E-state index contributed by atoms with van der Waals surface area (Å²) < 4.78 is 6.59. The van der Waals surface area contributed by atoms with Crippen LogP contribution in [0.4, 0.5) is 5.82 Å². The first-order valence-electron chi connectivity index (χ1n) is 8.17. The lowest BCUT2D eigenvalue weighted by Crippen LogP contribution is -2.06. The zero-order chi connectivity index (χ0) is 18.4. The van der Waals surface area contributed by atoms with Gasteiger partial charge >= 0.3 is 0 Å². The van der Waals surface area contributed by atoms with E-state index in [0.29, 0.717) is 17.2 Å². The number of thiophene rings is 1. The average molecular weight is 429 g/mol. The molecule has 0 atom stereocenters. The number of halogens is 1. The Kier molecular flexibility index (Phi) is 6.21. The molecule has 0 bridgehead atoms. The average Bonchev–Trinajstić information content (AvgIpc) is 3.07. The monoisotopic (exact) mass is 428 g/mol. The number of hydrogen-bond acceptors (Lipinski definition) is 6. The van der Waals surface area contributed by atoms with Gasteiger partial charge in [-0.3, -0.25) is 0 Å². The van der Waals surface area contributed by atoms with Gasteiger partial charge in [-0.2, -0.15) is 5.26 Å². The van der Waals surface area contributed by atoms with Crippen molar-refractivity contribution in [3.8, 4) is 22.4 Å². The molecule has 2 heterocycles. The lowest BCUT2D eigenvalue weighted by atomic mass is 10.1. The number of ether oxygens (including phenoxy) is 1. The van der Waals surface area contributed by atoms with Crippen molar-refractivity contribution >= 4 is 33.1 Å². The van der Waals surface area contributed by atoms with Crippen LogP contribution in [-0.2, 0) is 6.42 Å². The van der Waals surface area contributed by atoms with Gasteiger partial charge in [-0.15, -0.1) is 11.3 Å². The van der Waals surface area contributed by atoms with Gasteiger partial charge in [0.15, 0.2) is 0 Å². The van der Waals surface area contributed by atoms with Crippen LogP contribution in [0.15, 0.2) is 47.2 Å². The molecule has 0 saturated carbocycles. The molecule has 0 radical (unpaired) electrons. The van der Waals surface area contributed by atoms with Crippen molar-refractivity contribution in [2.45, 2.75) is 13.3 Å². The van der Waals surface area contributed by atoms with Crippen molar-refractivity contribution in [1.82, 2.24) is 9.97 Å². The fourth-order valence-corrected chi connectivity index (χ4v) is 3.55. The fraction of sp³-hybridized carbons (Fsp3) is 0.211. The minimum absolute atomic E-state index is 0.525. The van der Waals surface area contributed by atoms with Crippen LogP contribution in [0.3, 0.4) is 0 Å². The first-order chi connectivity index (χ1) is 12.7. The van der Waals surface area contributed by atoms with E-state index in [9.17, 15) is 5.26 Å². The Morgan fingerprint density at radius 1 is 1.23 bits per heavy atom. The van der Waals surface area contributed by atoms with Gasteiger partial charge < -0.3 is 10.1 Å². The SMILES string of the molecule is CCOc1cc(-c2cc(NCCc3ccc(Br)cc3)ncn2)sc1C#N. The summed E-state index contributed by atoms with van der Waals surface area (Å²) in [7, 11) is 0. The Bertz CT molecular complexity index is 918. The minimum atomic E-state index is 0.525. The Balaban J connectivity index is 1.68. The first kappa shape index (κ1) is 18.4. The summed E-state index contributed by atoms with van der Waals surface area (Å²) in [5.74, 6) is 1.37. The highest BCUT2D eigenvalue weighted by Gasteiger charge is 2.12. The maximum Gasteiger partial charge on any atom is 0.148 e. The van der Waals surface area contributed by atoms with Crippen molar-refractivity contribution in [3.63, 3.8) is 0 Å². The quantitative estimate of drug-likeness (QED) is 0.579. The molecule has 26 heavy (non-hydrogen) atoms. The molecule has 0 fully saturated rings. The third kappa shape index (κ3) is 4.59. The van der Waals surface area contributed by atoms with Gasteiger partial charge in [0.2, 0.25) is 0 Å². The van der Waals surface area contributed by atoms with E-state index in [1.165, 1.54) is 23.2 Å². The van der Waals surface area contributed by atoms with E-state index >= 15 is 0 Å². The maximum absolute atomic E-state index is 9.23. The number of rotatable bonds is 7. The summed E-state index contributed by atoms with van der Waals surface area (Å²) in [6.45, 7) is 3.20. The minimum Gasteiger partial charge on any atom is -0.492 e. The van der Waals surface area contributed by atoms with Crippen LogP contribution in [0.1, 0.15) is 17.4 Å². The highest BCUT2D eigenvalue weighted by Crippen LogP contribution is 2.35. The van der Waals surface area contributed by atoms with E-state index < -0.39 is 0 Å². The van der Waals surface area contributed by atoms with Crippen molar-refractivity contribution in [1.29, 1.82) is 5.26 Å². The number of hydrogen-bond donors (Lipinski definition) is 1. The van der Waals surface area contributed by atoms with Crippen LogP contribution in [0.5, 0.6) is 5.75 Å². The van der Waals surface area contributed by atoms with E-state index in [1.807, 2.05) is 31.2 Å². The van der Waals surface area contributed by atoms with Gasteiger partial charge in [-0.05, 0) is 31.0 Å². The lowest BCUT2D eigenvalue weighted by Gasteiger charge is -2.06. The molecule has 0 aliphatic carbocycles. The standard InChI is InChI=1S/C19H17BrN4OS/c1-2-25-16-10-17(26-18(16)11-21)15-9-19(24-12-23-15)22-8-7-13-3-5-14(20)6-4-13/h3-6,9-10,12H,2,7-8H2,1H3,(H,22,23,24). The molecule has 0 spiro atoms. The topological polar surface area (TPSA) is 70.8 Å². The van der Waals surface area contributed by atoms with Gasteiger partial charge in [0.1, 0.15) is 28.8 Å². The highest BCUT2D eigenvalue weighted by atomic mass is 79.9. The van der Waals surface area contributed by atoms with Crippen molar-refractivity contribution in [2.75, 3.05) is 18.5 Å². The number of nitrogens with one attached hydrogen (secondary N) is 1. The molecule has 0 aliphatic heterocycles. The molecule has 0 saturated heterocycles. The Morgan fingerprint density at radius 3 is 2.77 bits per heavy atom. The number of anilines is 1. The fourth-order valence-electron chi connectivity index (χ4n) is 2.42. The molecule has 1 aromatic carbocycles. The molecule has 0 amide bonds. The van der Waals surface area contributed by atoms with Gasteiger partial charge in [-0.25, -0.2) is 9.97 Å². The van der Waals surface area contributed by atoms with Crippen LogP contribution in [0.2, 0.25) is 0 Å². The molecule has 0 aliphatic rings. The predicted octanol–water partition coefficient (Wildman–Crippen LogP) is 4.89. The number of nitrogens with zero attached hydrogens (tertiary/aromatic N) is 3. The predicted molar refractivity (Wildman–Crippen MR) is 108 cm³/mol. The molecule has 3 rings (SSSR count). The summed E-state index contributed by atoms with van der Waals surface area (Å²) >= 11 is 4.82. The Hall–Kier alpha value is -2.43. The zero-order valence-corrected chi connectivity index (χ0v) is 16.6. The number of aromatic nitrogens is 2. The van der Waals surface area contributed by atoms with Crippen LogP contribution in [0.25, 0.3) is 10.6 Å². The van der Waals surface area contributed by atoms with Gasteiger partial charge in [0.25, 0.3) is 0 Å². The lowest BCUT2D eigenvalue weighted by molar-refractivity contribution is 0.341. The second-order valence-electron chi connectivity index (χ2n) is 5.44. The molecule has 2 aromatic heterocycles. The third-order valence-electron chi connectivity index (χ3n) is 3.65. The van der Waals surface area contributed by atoms with E-state index in [1.54, 1.807) is 0 Å². The Morgan fingerprint density at radius 2 is 2.04 bits per heavy atom. The molecule has 5 nitrogen and oxygen atoms in total. The van der Waals surface area contributed by atoms with E-state index in [-0.39, 0.29) is 0 Å². The van der Waals surface area contributed by atoms with E-state index in [0.717, 1.165) is 33.8 Å². The third-order valence-corrected chi connectivity index (χ3v) is 5.22. The molecule has 7 heteroatoms. The molecule has 3 aromatic rings. The molecule has 1 N–H and O–H groups in total. The van der Waals surface area contributed by atoms with E-state index in [4.69, 9.17) is 4.74 Å². The van der Waals surface area contributed by atoms with Crippen molar-refractivity contribution < 1.29 is 4.74 Å². The second kappa shape index (κ2) is 8.79. The largest absolute Gasteiger partial charge is 0.492 e. The van der Waals surface area contributed by atoms with Crippen LogP contribution in [0, 0.1) is 11.3 Å². The summed E-state index contributed by atoms with van der Waals surface area (Å²) in [4.78, 5) is 10.1.